The second-order valence-electron chi connectivity index (χ2n) is 6.45. The molecular formula is C22H15Cl2N3O3S2. The lowest BCUT2D eigenvalue weighted by molar-refractivity contribution is -0.113. The number of aromatic nitrogens is 1. The topological polar surface area (TPSA) is 84.2 Å². The highest BCUT2D eigenvalue weighted by molar-refractivity contribution is 8.00. The lowest BCUT2D eigenvalue weighted by Crippen LogP contribution is -2.13. The fourth-order valence-electron chi connectivity index (χ4n) is 2.69. The van der Waals surface area contributed by atoms with Crippen LogP contribution >= 0.6 is 46.3 Å². The molecular weight excluding hydrogens is 489 g/mol. The van der Waals surface area contributed by atoms with Crippen LogP contribution in [-0.4, -0.2) is 22.6 Å². The van der Waals surface area contributed by atoms with Gasteiger partial charge in [0.1, 0.15) is 0 Å². The Morgan fingerprint density at radius 3 is 2.59 bits per heavy atom. The van der Waals surface area contributed by atoms with Gasteiger partial charge in [0.25, 0.3) is 5.91 Å². The minimum absolute atomic E-state index is 0.173. The Labute approximate surface area is 202 Å². The number of thiazole rings is 1. The van der Waals surface area contributed by atoms with Crippen molar-refractivity contribution in [2.24, 2.45) is 0 Å². The Bertz CT molecular complexity index is 1240. The summed E-state index contributed by atoms with van der Waals surface area (Å²) < 4.78 is 5.07. The Balaban J connectivity index is 1.29. The smallest absolute Gasteiger partial charge is 0.291 e. The summed E-state index contributed by atoms with van der Waals surface area (Å²) in [6.45, 7) is 0. The number of benzene rings is 2. The lowest BCUT2D eigenvalue weighted by Gasteiger charge is -2.05. The molecule has 0 aliphatic rings. The normalized spacial score (nSPS) is 10.7. The number of carbonyl (C=O) groups is 2. The minimum atomic E-state index is -0.322. The Morgan fingerprint density at radius 2 is 1.88 bits per heavy atom. The second-order valence-corrected chi connectivity index (χ2v) is 9.21. The number of thioether (sulfide) groups is 1. The van der Waals surface area contributed by atoms with E-state index in [4.69, 9.17) is 27.6 Å². The maximum Gasteiger partial charge on any atom is 0.291 e. The van der Waals surface area contributed by atoms with Crippen LogP contribution in [0.1, 0.15) is 10.6 Å². The molecule has 10 heteroatoms. The number of carbonyl (C=O) groups excluding carboxylic acids is 2. The van der Waals surface area contributed by atoms with Gasteiger partial charge in [0.15, 0.2) is 10.9 Å². The molecule has 2 N–H and O–H groups in total. The van der Waals surface area contributed by atoms with Crippen LogP contribution in [0, 0.1) is 0 Å². The molecule has 6 nitrogen and oxygen atoms in total. The van der Waals surface area contributed by atoms with Crippen molar-refractivity contribution in [3.8, 4) is 11.3 Å². The van der Waals surface area contributed by atoms with Crippen molar-refractivity contribution >= 4 is 68.9 Å². The quantitative estimate of drug-likeness (QED) is 0.274. The molecule has 0 radical (unpaired) electrons. The number of hydrogen-bond donors (Lipinski definition) is 2. The number of hydrogen-bond acceptors (Lipinski definition) is 6. The highest BCUT2D eigenvalue weighted by Crippen LogP contribution is 2.32. The van der Waals surface area contributed by atoms with E-state index in [-0.39, 0.29) is 23.3 Å². The number of nitrogens with one attached hydrogen (secondary N) is 2. The number of anilines is 2. The monoisotopic (exact) mass is 503 g/mol. The van der Waals surface area contributed by atoms with Gasteiger partial charge in [-0.05, 0) is 54.6 Å². The van der Waals surface area contributed by atoms with Crippen molar-refractivity contribution in [2.45, 2.75) is 4.90 Å². The summed E-state index contributed by atoms with van der Waals surface area (Å²) in [4.78, 5) is 29.6. The van der Waals surface area contributed by atoms with Gasteiger partial charge in [-0.1, -0.05) is 23.2 Å². The van der Waals surface area contributed by atoms with Crippen LogP contribution in [0.25, 0.3) is 11.3 Å². The summed E-state index contributed by atoms with van der Waals surface area (Å²) in [5.74, 6) is -0.0380. The first-order valence-electron chi connectivity index (χ1n) is 9.26. The van der Waals surface area contributed by atoms with Gasteiger partial charge in [-0.25, -0.2) is 4.98 Å². The molecule has 0 fully saturated rings. The molecule has 0 saturated carbocycles. The fourth-order valence-corrected chi connectivity index (χ4v) is 4.62. The predicted molar refractivity (Wildman–Crippen MR) is 130 cm³/mol. The molecule has 0 aliphatic carbocycles. The third kappa shape index (κ3) is 5.72. The fraction of sp³-hybridized carbons (Fsp3) is 0.0455. The second kappa shape index (κ2) is 10.2. The molecule has 4 aromatic rings. The van der Waals surface area contributed by atoms with Gasteiger partial charge >= 0.3 is 0 Å². The van der Waals surface area contributed by atoms with Crippen LogP contribution in [0.3, 0.4) is 0 Å². The van der Waals surface area contributed by atoms with E-state index < -0.39 is 0 Å². The highest BCUT2D eigenvalue weighted by atomic mass is 35.5. The van der Waals surface area contributed by atoms with Gasteiger partial charge in [0.2, 0.25) is 5.91 Å². The average molecular weight is 504 g/mol. The molecule has 0 bridgehead atoms. The first kappa shape index (κ1) is 22.4. The Morgan fingerprint density at radius 1 is 1.06 bits per heavy atom. The lowest BCUT2D eigenvalue weighted by atomic mass is 10.2. The first-order chi connectivity index (χ1) is 15.5. The molecule has 0 unspecified atom stereocenters. The van der Waals surface area contributed by atoms with Crippen LogP contribution in [0.4, 0.5) is 10.8 Å². The van der Waals surface area contributed by atoms with Crippen LogP contribution in [0.2, 0.25) is 10.0 Å². The van der Waals surface area contributed by atoms with E-state index in [1.807, 2.05) is 17.5 Å². The van der Waals surface area contributed by atoms with E-state index in [1.165, 1.54) is 29.4 Å². The molecule has 2 amide bonds. The zero-order chi connectivity index (χ0) is 22.5. The predicted octanol–water partition coefficient (Wildman–Crippen LogP) is 6.69. The maximum absolute atomic E-state index is 12.3. The van der Waals surface area contributed by atoms with Gasteiger partial charge < -0.3 is 15.1 Å². The molecule has 2 heterocycles. The van der Waals surface area contributed by atoms with E-state index in [1.54, 1.807) is 42.5 Å². The molecule has 0 saturated heterocycles. The number of halogens is 2. The van der Waals surface area contributed by atoms with Gasteiger partial charge in [-0.2, -0.15) is 0 Å². The third-order valence-corrected chi connectivity index (χ3v) is 6.50. The summed E-state index contributed by atoms with van der Waals surface area (Å²) in [7, 11) is 0. The molecule has 0 atom stereocenters. The van der Waals surface area contributed by atoms with Crippen molar-refractivity contribution in [1.29, 1.82) is 0 Å². The number of rotatable bonds is 7. The standard InChI is InChI=1S/C22H15Cl2N3O3S2/c23-13-3-8-16(17(24)10-13)18-11-32-22(26-18)27-20(28)12-31-15-6-4-14(5-7-15)25-21(29)19-2-1-9-30-19/h1-11H,12H2,(H,25,29)(H,26,27,28). The number of furan rings is 1. The SMILES string of the molecule is O=C(CSc1ccc(NC(=O)c2ccco2)cc1)Nc1nc(-c2ccc(Cl)cc2Cl)cs1. The van der Waals surface area contributed by atoms with E-state index in [0.29, 0.717) is 26.6 Å². The Hall–Kier alpha value is -2.78. The zero-order valence-corrected chi connectivity index (χ0v) is 19.4. The van der Waals surface area contributed by atoms with Crippen molar-refractivity contribution < 1.29 is 14.0 Å². The third-order valence-electron chi connectivity index (χ3n) is 4.18. The first-order valence-corrected chi connectivity index (χ1v) is 11.9. The van der Waals surface area contributed by atoms with Crippen LogP contribution in [-0.2, 0) is 4.79 Å². The van der Waals surface area contributed by atoms with Crippen molar-refractivity contribution in [1.82, 2.24) is 4.98 Å². The van der Waals surface area contributed by atoms with Crippen LogP contribution in [0.5, 0.6) is 0 Å². The van der Waals surface area contributed by atoms with Gasteiger partial charge in [-0.3, -0.25) is 9.59 Å². The molecule has 0 aliphatic heterocycles. The minimum Gasteiger partial charge on any atom is -0.459 e. The van der Waals surface area contributed by atoms with E-state index in [9.17, 15) is 9.59 Å². The maximum atomic E-state index is 12.3. The Kier molecular flexibility index (Phi) is 7.16. The summed E-state index contributed by atoms with van der Waals surface area (Å²) in [5, 5.41) is 8.91. The molecule has 162 valence electrons. The van der Waals surface area contributed by atoms with E-state index in [2.05, 4.69) is 15.6 Å². The van der Waals surface area contributed by atoms with Crippen LogP contribution < -0.4 is 10.6 Å². The van der Waals surface area contributed by atoms with Gasteiger partial charge in [-0.15, -0.1) is 23.1 Å². The summed E-state index contributed by atoms with van der Waals surface area (Å²) in [6, 6.07) is 15.6. The van der Waals surface area contributed by atoms with Crippen LogP contribution in [0.15, 0.2) is 75.6 Å². The van der Waals surface area contributed by atoms with E-state index >= 15 is 0 Å². The molecule has 2 aromatic carbocycles. The summed E-state index contributed by atoms with van der Waals surface area (Å²) >= 11 is 14.9. The molecule has 4 rings (SSSR count). The summed E-state index contributed by atoms with van der Waals surface area (Å²) in [5.41, 5.74) is 2.06. The average Bonchev–Trinajstić information content (AvgIpc) is 3.46. The summed E-state index contributed by atoms with van der Waals surface area (Å²) in [6.07, 6.45) is 1.44. The zero-order valence-electron chi connectivity index (χ0n) is 16.3. The molecule has 0 spiro atoms. The number of nitrogens with zero attached hydrogens (tertiary/aromatic N) is 1. The van der Waals surface area contributed by atoms with Gasteiger partial charge in [0.05, 0.1) is 22.7 Å². The van der Waals surface area contributed by atoms with Gasteiger partial charge in [0, 0.05) is 26.5 Å². The number of amides is 2. The van der Waals surface area contributed by atoms with Crippen molar-refractivity contribution in [3.63, 3.8) is 0 Å². The van der Waals surface area contributed by atoms with Crippen molar-refractivity contribution in [3.05, 3.63) is 82.0 Å². The molecule has 2 aromatic heterocycles. The largest absolute Gasteiger partial charge is 0.459 e. The molecule has 32 heavy (non-hydrogen) atoms. The highest BCUT2D eigenvalue weighted by Gasteiger charge is 2.12. The van der Waals surface area contributed by atoms with Crippen molar-refractivity contribution in [2.75, 3.05) is 16.4 Å². The van der Waals surface area contributed by atoms with E-state index in [0.717, 1.165) is 10.5 Å².